The third kappa shape index (κ3) is 4.37. The van der Waals surface area contributed by atoms with Crippen LogP contribution >= 0.6 is 11.3 Å². The number of nitrogens with zero attached hydrogens (tertiary/aromatic N) is 1. The van der Waals surface area contributed by atoms with Crippen LogP contribution in [0.4, 0.5) is 9.93 Å². The minimum Gasteiger partial charge on any atom is -0.480 e. The van der Waals surface area contributed by atoms with Crippen LogP contribution in [0.1, 0.15) is 11.3 Å². The molecule has 1 rings (SSSR count). The summed E-state index contributed by atoms with van der Waals surface area (Å²) in [4.78, 5) is 27.0. The van der Waals surface area contributed by atoms with Gasteiger partial charge >= 0.3 is 12.0 Å². The molecular formula is C9H13N3O4S. The van der Waals surface area contributed by atoms with Crippen LogP contribution < -0.4 is 10.6 Å². The number of thiazole rings is 1. The number of aliphatic hydroxyl groups excluding tert-OH is 1. The number of carboxylic acids is 1. The Bertz CT molecular complexity index is 407. The van der Waals surface area contributed by atoms with Crippen LogP contribution in [0, 0.1) is 6.92 Å². The first-order valence-electron chi connectivity index (χ1n) is 4.86. The fourth-order valence-corrected chi connectivity index (χ4v) is 1.75. The van der Waals surface area contributed by atoms with E-state index in [1.54, 1.807) is 6.20 Å². The van der Waals surface area contributed by atoms with Crippen molar-refractivity contribution in [2.45, 2.75) is 19.4 Å². The largest absolute Gasteiger partial charge is 0.480 e. The highest BCUT2D eigenvalue weighted by atomic mass is 32.1. The van der Waals surface area contributed by atoms with Crippen LogP contribution in [-0.2, 0) is 4.79 Å². The van der Waals surface area contributed by atoms with Crippen LogP contribution in [0.15, 0.2) is 6.20 Å². The Balaban J connectivity index is 2.50. The number of nitrogens with one attached hydrogen (secondary N) is 2. The topological polar surface area (TPSA) is 112 Å². The van der Waals surface area contributed by atoms with Crippen molar-refractivity contribution in [1.29, 1.82) is 0 Å². The van der Waals surface area contributed by atoms with Gasteiger partial charge in [0, 0.05) is 24.1 Å². The number of hydrogen-bond acceptors (Lipinski definition) is 5. The highest BCUT2D eigenvalue weighted by Crippen LogP contribution is 2.16. The molecule has 7 nitrogen and oxygen atoms in total. The van der Waals surface area contributed by atoms with Crippen molar-refractivity contribution in [1.82, 2.24) is 10.3 Å². The Hall–Kier alpha value is -1.67. The van der Waals surface area contributed by atoms with Crippen LogP contribution in [0.25, 0.3) is 0 Å². The van der Waals surface area contributed by atoms with Gasteiger partial charge in [0.15, 0.2) is 5.13 Å². The maximum Gasteiger partial charge on any atom is 0.326 e. The zero-order chi connectivity index (χ0) is 12.8. The standard InChI is InChI=1S/C9H13N3O4S/c1-5-4-10-9(17-5)12-8(16)11-6(2-3-13)7(14)15/h4,6,13H,2-3H2,1H3,(H,14,15)(H2,10,11,12,16). The quantitative estimate of drug-likeness (QED) is 0.612. The average molecular weight is 259 g/mol. The fourth-order valence-electron chi connectivity index (χ4n) is 1.09. The van der Waals surface area contributed by atoms with Crippen molar-refractivity contribution in [3.63, 3.8) is 0 Å². The zero-order valence-electron chi connectivity index (χ0n) is 9.14. The molecule has 2 amide bonds. The molecule has 94 valence electrons. The molecule has 0 bridgehead atoms. The molecule has 0 spiro atoms. The van der Waals surface area contributed by atoms with Crippen molar-refractivity contribution in [3.8, 4) is 0 Å². The van der Waals surface area contributed by atoms with Gasteiger partial charge in [-0.05, 0) is 6.92 Å². The molecule has 0 aliphatic heterocycles. The number of aryl methyl sites for hydroxylation is 1. The van der Waals surface area contributed by atoms with E-state index < -0.39 is 18.0 Å². The van der Waals surface area contributed by atoms with Crippen LogP contribution in [0.3, 0.4) is 0 Å². The maximum absolute atomic E-state index is 11.4. The van der Waals surface area contributed by atoms with Gasteiger partial charge in [-0.3, -0.25) is 5.32 Å². The van der Waals surface area contributed by atoms with E-state index in [1.165, 1.54) is 11.3 Å². The summed E-state index contributed by atoms with van der Waals surface area (Å²) in [7, 11) is 0. The van der Waals surface area contributed by atoms with Crippen molar-refractivity contribution in [3.05, 3.63) is 11.1 Å². The third-order valence-corrected chi connectivity index (χ3v) is 2.69. The molecule has 0 aromatic carbocycles. The predicted octanol–water partition coefficient (Wildman–Crippen LogP) is 0.409. The molecule has 0 saturated carbocycles. The van der Waals surface area contributed by atoms with Crippen molar-refractivity contribution >= 4 is 28.5 Å². The monoisotopic (exact) mass is 259 g/mol. The first-order chi connectivity index (χ1) is 8.02. The molecule has 0 aliphatic rings. The van der Waals surface area contributed by atoms with E-state index in [0.717, 1.165) is 4.88 Å². The summed E-state index contributed by atoms with van der Waals surface area (Å²) in [5.74, 6) is -1.19. The Morgan fingerprint density at radius 3 is 2.76 bits per heavy atom. The summed E-state index contributed by atoms with van der Waals surface area (Å²) < 4.78 is 0. The number of amides is 2. The smallest absolute Gasteiger partial charge is 0.326 e. The molecule has 1 unspecified atom stereocenters. The lowest BCUT2D eigenvalue weighted by Crippen LogP contribution is -2.43. The van der Waals surface area contributed by atoms with Gasteiger partial charge in [0.05, 0.1) is 0 Å². The van der Waals surface area contributed by atoms with Gasteiger partial charge in [-0.25, -0.2) is 14.6 Å². The van der Waals surface area contributed by atoms with Crippen LogP contribution in [0.5, 0.6) is 0 Å². The fraction of sp³-hybridized carbons (Fsp3) is 0.444. The number of hydrogen-bond donors (Lipinski definition) is 4. The van der Waals surface area contributed by atoms with Gasteiger partial charge in [0.1, 0.15) is 6.04 Å². The highest BCUT2D eigenvalue weighted by molar-refractivity contribution is 7.15. The second kappa shape index (κ2) is 6.16. The number of aliphatic hydroxyl groups is 1. The van der Waals surface area contributed by atoms with Gasteiger partial charge in [0.25, 0.3) is 0 Å². The number of aliphatic carboxylic acids is 1. The first kappa shape index (κ1) is 13.4. The zero-order valence-corrected chi connectivity index (χ0v) is 9.95. The lowest BCUT2D eigenvalue weighted by molar-refractivity contribution is -0.139. The number of carboxylic acid groups (broad SMARTS) is 1. The number of rotatable bonds is 5. The second-order valence-corrected chi connectivity index (χ2v) is 4.51. The number of carbonyl (C=O) groups excluding carboxylic acids is 1. The van der Waals surface area contributed by atoms with Crippen LogP contribution in [-0.4, -0.2) is 39.8 Å². The van der Waals surface area contributed by atoms with E-state index in [2.05, 4.69) is 15.6 Å². The number of anilines is 1. The lowest BCUT2D eigenvalue weighted by Gasteiger charge is -2.12. The Kier molecular flexibility index (Phi) is 4.85. The minimum atomic E-state index is -1.19. The summed E-state index contributed by atoms with van der Waals surface area (Å²) in [6.45, 7) is 1.53. The van der Waals surface area contributed by atoms with Crippen molar-refractivity contribution < 1.29 is 19.8 Å². The second-order valence-electron chi connectivity index (χ2n) is 3.28. The summed E-state index contributed by atoms with van der Waals surface area (Å²) in [6.07, 6.45) is 1.56. The van der Waals surface area contributed by atoms with E-state index in [-0.39, 0.29) is 13.0 Å². The molecule has 0 aliphatic carbocycles. The molecule has 8 heteroatoms. The summed E-state index contributed by atoms with van der Waals surface area (Å²) >= 11 is 1.29. The van der Waals surface area contributed by atoms with Gasteiger partial charge in [-0.15, -0.1) is 11.3 Å². The molecule has 1 atom stereocenters. The van der Waals surface area contributed by atoms with Gasteiger partial charge in [-0.2, -0.15) is 0 Å². The van der Waals surface area contributed by atoms with Gasteiger partial charge in [0.2, 0.25) is 0 Å². The van der Waals surface area contributed by atoms with Gasteiger partial charge < -0.3 is 15.5 Å². The molecule has 1 heterocycles. The molecule has 17 heavy (non-hydrogen) atoms. The van der Waals surface area contributed by atoms with E-state index in [1.807, 2.05) is 6.92 Å². The first-order valence-corrected chi connectivity index (χ1v) is 5.68. The molecule has 0 fully saturated rings. The SMILES string of the molecule is Cc1cnc(NC(=O)NC(CCO)C(=O)O)s1. The summed E-state index contributed by atoms with van der Waals surface area (Å²) in [6, 6.07) is -1.76. The third-order valence-electron chi connectivity index (χ3n) is 1.86. The van der Waals surface area contributed by atoms with Crippen molar-refractivity contribution in [2.75, 3.05) is 11.9 Å². The Morgan fingerprint density at radius 1 is 1.59 bits per heavy atom. The molecule has 4 N–H and O–H groups in total. The average Bonchev–Trinajstić information content (AvgIpc) is 2.63. The van der Waals surface area contributed by atoms with E-state index in [9.17, 15) is 9.59 Å². The highest BCUT2D eigenvalue weighted by Gasteiger charge is 2.19. The minimum absolute atomic E-state index is 0.0420. The molecule has 1 aromatic rings. The van der Waals surface area contributed by atoms with Crippen LogP contribution in [0.2, 0.25) is 0 Å². The predicted molar refractivity (Wildman–Crippen MR) is 62.1 cm³/mol. The Labute approximate surface area is 101 Å². The number of aromatic nitrogens is 1. The number of carbonyl (C=O) groups is 2. The molecule has 0 radical (unpaired) electrons. The summed E-state index contributed by atoms with van der Waals surface area (Å²) in [5, 5.41) is 22.5. The number of urea groups is 1. The molecular weight excluding hydrogens is 246 g/mol. The summed E-state index contributed by atoms with van der Waals surface area (Å²) in [5.41, 5.74) is 0. The normalized spacial score (nSPS) is 11.9. The lowest BCUT2D eigenvalue weighted by atomic mass is 10.2. The maximum atomic E-state index is 11.4. The Morgan fingerprint density at radius 2 is 2.29 bits per heavy atom. The van der Waals surface area contributed by atoms with E-state index in [4.69, 9.17) is 10.2 Å². The van der Waals surface area contributed by atoms with E-state index in [0.29, 0.717) is 5.13 Å². The van der Waals surface area contributed by atoms with Gasteiger partial charge in [-0.1, -0.05) is 0 Å². The molecule has 0 saturated heterocycles. The molecule has 1 aromatic heterocycles. The van der Waals surface area contributed by atoms with Crippen molar-refractivity contribution in [2.24, 2.45) is 0 Å². The van der Waals surface area contributed by atoms with E-state index >= 15 is 0 Å².